The summed E-state index contributed by atoms with van der Waals surface area (Å²) in [6, 6.07) is 70.3. The molecule has 10 aromatic rings. The number of hydrogen-bond donors (Lipinski definition) is 0. The van der Waals surface area contributed by atoms with Crippen LogP contribution < -0.4 is 0 Å². The van der Waals surface area contributed by atoms with Gasteiger partial charge in [0.1, 0.15) is 0 Å². The summed E-state index contributed by atoms with van der Waals surface area (Å²) in [5.74, 6) is 0. The SMILES string of the molecule is Cc1ccc2ccccc2c1.Cc1ccccc1-c1cc(-n2c3ccccc3c3cc4ccccc4c(-c4ccc(-c5ccccc5)cc4)c32)ccc1C. The third-order valence-electron chi connectivity index (χ3n) is 10.8. The number of fused-ring (bicyclic) bond motifs is 5. The molecule has 0 aliphatic heterocycles. The van der Waals surface area contributed by atoms with Crippen LogP contribution in [0.1, 0.15) is 16.7 Å². The average molecular weight is 692 g/mol. The first-order chi connectivity index (χ1) is 26.5. The molecule has 0 saturated carbocycles. The highest BCUT2D eigenvalue weighted by atomic mass is 15.0. The van der Waals surface area contributed by atoms with Gasteiger partial charge in [-0.25, -0.2) is 0 Å². The summed E-state index contributed by atoms with van der Waals surface area (Å²) in [7, 11) is 0. The lowest BCUT2D eigenvalue weighted by Crippen LogP contribution is -1.98. The number of aromatic nitrogens is 1. The van der Waals surface area contributed by atoms with Crippen LogP contribution >= 0.6 is 0 Å². The van der Waals surface area contributed by atoms with Crippen LogP contribution in [0.5, 0.6) is 0 Å². The smallest absolute Gasteiger partial charge is 0.0625 e. The molecule has 258 valence electrons. The Morgan fingerprint density at radius 1 is 0.352 bits per heavy atom. The maximum atomic E-state index is 2.48. The molecule has 9 aromatic carbocycles. The predicted molar refractivity (Wildman–Crippen MR) is 233 cm³/mol. The molecule has 1 heteroatoms. The molecular weight excluding hydrogens is 651 g/mol. The lowest BCUT2D eigenvalue weighted by Gasteiger charge is -2.17. The maximum absolute atomic E-state index is 2.48. The van der Waals surface area contributed by atoms with E-state index in [4.69, 9.17) is 0 Å². The fraction of sp³-hybridized carbons (Fsp3) is 0.0566. The standard InChI is InChI=1S/C42H31N.C11H10/c1-28-12-6-8-16-35(28)38-27-34(25-20-29(38)2)43-40-19-11-10-18-37(40)39-26-33-15-7-9-17-36(33)41(42(39)43)32-23-21-31(22-24-32)30-13-4-3-5-14-30;1-9-6-7-10-4-2-3-5-11(10)8-9/h3-27H,1-2H3;2-8H,1H3. The number of nitrogens with zero attached hydrogens (tertiary/aromatic N) is 1. The van der Waals surface area contributed by atoms with Crippen molar-refractivity contribution < 1.29 is 0 Å². The Kier molecular flexibility index (Phi) is 8.61. The second kappa shape index (κ2) is 14.0. The van der Waals surface area contributed by atoms with E-state index in [0.29, 0.717) is 0 Å². The molecule has 0 saturated heterocycles. The van der Waals surface area contributed by atoms with E-state index in [0.717, 1.165) is 0 Å². The highest BCUT2D eigenvalue weighted by molar-refractivity contribution is 6.21. The second-order valence-electron chi connectivity index (χ2n) is 14.3. The summed E-state index contributed by atoms with van der Waals surface area (Å²) in [6.07, 6.45) is 0. The minimum Gasteiger partial charge on any atom is -0.309 e. The van der Waals surface area contributed by atoms with Crippen molar-refractivity contribution in [3.8, 4) is 39.1 Å². The molecule has 0 fully saturated rings. The highest BCUT2D eigenvalue weighted by Crippen LogP contribution is 2.43. The van der Waals surface area contributed by atoms with E-state index >= 15 is 0 Å². The molecule has 1 nitrogen and oxygen atoms in total. The Morgan fingerprint density at radius 3 is 1.76 bits per heavy atom. The summed E-state index contributed by atoms with van der Waals surface area (Å²) in [5.41, 5.74) is 15.0. The molecule has 0 bridgehead atoms. The van der Waals surface area contributed by atoms with Gasteiger partial charge in [0.05, 0.1) is 11.0 Å². The third-order valence-corrected chi connectivity index (χ3v) is 10.8. The van der Waals surface area contributed by atoms with Crippen molar-refractivity contribution in [3.05, 3.63) is 211 Å². The fourth-order valence-corrected chi connectivity index (χ4v) is 8.03. The van der Waals surface area contributed by atoms with Crippen LogP contribution in [0.15, 0.2) is 194 Å². The molecule has 0 radical (unpaired) electrons. The molecular formula is C53H41N. The monoisotopic (exact) mass is 691 g/mol. The van der Waals surface area contributed by atoms with E-state index in [9.17, 15) is 0 Å². The largest absolute Gasteiger partial charge is 0.309 e. The molecule has 10 rings (SSSR count). The Balaban J connectivity index is 0.000000299. The number of rotatable bonds is 4. The normalized spacial score (nSPS) is 11.2. The van der Waals surface area contributed by atoms with Crippen LogP contribution in [0.4, 0.5) is 0 Å². The molecule has 54 heavy (non-hydrogen) atoms. The van der Waals surface area contributed by atoms with E-state index in [1.807, 2.05) is 0 Å². The summed E-state index contributed by atoms with van der Waals surface area (Å²) in [4.78, 5) is 0. The van der Waals surface area contributed by atoms with E-state index in [1.165, 1.54) is 99.1 Å². The van der Waals surface area contributed by atoms with Crippen LogP contribution in [-0.4, -0.2) is 4.57 Å². The quantitative estimate of drug-likeness (QED) is 0.173. The van der Waals surface area contributed by atoms with Crippen molar-refractivity contribution in [2.24, 2.45) is 0 Å². The summed E-state index contributed by atoms with van der Waals surface area (Å²) in [6.45, 7) is 6.53. The molecule has 0 aliphatic rings. The number of benzene rings is 9. The van der Waals surface area contributed by atoms with Gasteiger partial charge < -0.3 is 4.57 Å². The van der Waals surface area contributed by atoms with Crippen LogP contribution in [-0.2, 0) is 0 Å². The third kappa shape index (κ3) is 6.04. The molecule has 0 N–H and O–H groups in total. The first kappa shape index (κ1) is 33.2. The number of para-hydroxylation sites is 1. The molecule has 1 aromatic heterocycles. The number of hydrogen-bond acceptors (Lipinski definition) is 0. The van der Waals surface area contributed by atoms with Crippen LogP contribution in [0.2, 0.25) is 0 Å². The van der Waals surface area contributed by atoms with Crippen LogP contribution in [0.25, 0.3) is 82.4 Å². The zero-order chi connectivity index (χ0) is 36.6. The lowest BCUT2D eigenvalue weighted by atomic mass is 9.93. The Morgan fingerprint density at radius 2 is 0.963 bits per heavy atom. The Bertz CT molecular complexity index is 2950. The van der Waals surface area contributed by atoms with E-state index in [2.05, 4.69) is 219 Å². The van der Waals surface area contributed by atoms with Gasteiger partial charge in [-0.3, -0.25) is 0 Å². The summed E-state index contributed by atoms with van der Waals surface area (Å²) in [5, 5.41) is 7.70. The van der Waals surface area contributed by atoms with Gasteiger partial charge in [-0.15, -0.1) is 0 Å². The van der Waals surface area contributed by atoms with Gasteiger partial charge >= 0.3 is 0 Å². The molecule has 0 unspecified atom stereocenters. The second-order valence-corrected chi connectivity index (χ2v) is 14.3. The van der Waals surface area contributed by atoms with Gasteiger partial charge in [-0.1, -0.05) is 175 Å². The Hall–Kier alpha value is -6.70. The van der Waals surface area contributed by atoms with Crippen molar-refractivity contribution >= 4 is 43.4 Å². The van der Waals surface area contributed by atoms with Gasteiger partial charge in [-0.05, 0) is 106 Å². The van der Waals surface area contributed by atoms with E-state index in [-0.39, 0.29) is 0 Å². The van der Waals surface area contributed by atoms with Gasteiger partial charge in [0.25, 0.3) is 0 Å². The van der Waals surface area contributed by atoms with E-state index in [1.54, 1.807) is 0 Å². The maximum Gasteiger partial charge on any atom is 0.0625 e. The van der Waals surface area contributed by atoms with Crippen molar-refractivity contribution in [1.29, 1.82) is 0 Å². The molecule has 1 heterocycles. The first-order valence-corrected chi connectivity index (χ1v) is 18.8. The summed E-state index contributed by atoms with van der Waals surface area (Å²) >= 11 is 0. The topological polar surface area (TPSA) is 4.93 Å². The van der Waals surface area contributed by atoms with E-state index < -0.39 is 0 Å². The molecule has 0 aliphatic carbocycles. The molecule has 0 amide bonds. The fourth-order valence-electron chi connectivity index (χ4n) is 8.03. The molecule has 0 spiro atoms. The van der Waals surface area contributed by atoms with Gasteiger partial charge in [0.15, 0.2) is 0 Å². The highest BCUT2D eigenvalue weighted by Gasteiger charge is 2.20. The van der Waals surface area contributed by atoms with Gasteiger partial charge in [0, 0.05) is 22.0 Å². The zero-order valence-electron chi connectivity index (χ0n) is 30.9. The van der Waals surface area contributed by atoms with Gasteiger partial charge in [-0.2, -0.15) is 0 Å². The van der Waals surface area contributed by atoms with Crippen molar-refractivity contribution in [3.63, 3.8) is 0 Å². The Labute approximate surface area is 317 Å². The van der Waals surface area contributed by atoms with Crippen LogP contribution in [0.3, 0.4) is 0 Å². The molecule has 0 atom stereocenters. The number of aryl methyl sites for hydroxylation is 3. The predicted octanol–water partition coefficient (Wildman–Crippen LogP) is 14.7. The van der Waals surface area contributed by atoms with Gasteiger partial charge in [0.2, 0.25) is 0 Å². The van der Waals surface area contributed by atoms with Crippen LogP contribution in [0, 0.1) is 20.8 Å². The average Bonchev–Trinajstić information content (AvgIpc) is 3.55. The first-order valence-electron chi connectivity index (χ1n) is 18.8. The van der Waals surface area contributed by atoms with Crippen molar-refractivity contribution in [2.75, 3.05) is 0 Å². The minimum atomic E-state index is 1.17. The van der Waals surface area contributed by atoms with Crippen molar-refractivity contribution in [2.45, 2.75) is 20.8 Å². The minimum absolute atomic E-state index is 1.17. The lowest BCUT2D eigenvalue weighted by molar-refractivity contribution is 1.18. The summed E-state index contributed by atoms with van der Waals surface area (Å²) < 4.78 is 2.48. The van der Waals surface area contributed by atoms with Crippen molar-refractivity contribution in [1.82, 2.24) is 4.57 Å². The zero-order valence-corrected chi connectivity index (χ0v) is 30.9.